The van der Waals surface area contributed by atoms with Crippen molar-refractivity contribution in [1.29, 1.82) is 0 Å². The van der Waals surface area contributed by atoms with E-state index in [-0.39, 0.29) is 37.1 Å². The lowest BCUT2D eigenvalue weighted by Gasteiger charge is -2.45. The topological polar surface area (TPSA) is 98.9 Å². The van der Waals surface area contributed by atoms with E-state index in [1.807, 2.05) is 16.8 Å². The molecule has 1 aromatic heterocycles. The van der Waals surface area contributed by atoms with Crippen LogP contribution in [-0.4, -0.2) is 69.9 Å². The standard InChI is InChI=1S/C26H35N3O5/c1-26(2,31)25-16-29(28-27-25)21-15-24-23(13-11-20(17-30)33-24)34-22(21)12-10-19-8-6-18(7-9-19)5-4-14-32-3/h6-9,16,20-24,30-31H,10-15,17H2,1-3H3/t20-,21+,22+,23-,24-/m0/s1. The van der Waals surface area contributed by atoms with Gasteiger partial charge in [-0.25, -0.2) is 4.68 Å². The lowest BCUT2D eigenvalue weighted by molar-refractivity contribution is -0.209. The number of hydrogen-bond donors (Lipinski definition) is 2. The first-order valence-corrected chi connectivity index (χ1v) is 12.0. The number of ether oxygens (including phenoxy) is 3. The number of fused-ring (bicyclic) bond motifs is 1. The van der Waals surface area contributed by atoms with E-state index in [2.05, 4.69) is 34.3 Å². The van der Waals surface area contributed by atoms with Gasteiger partial charge in [0.05, 0.1) is 43.3 Å². The van der Waals surface area contributed by atoms with Crippen molar-refractivity contribution in [2.75, 3.05) is 20.3 Å². The van der Waals surface area contributed by atoms with E-state index in [9.17, 15) is 10.2 Å². The number of hydrogen-bond acceptors (Lipinski definition) is 7. The summed E-state index contributed by atoms with van der Waals surface area (Å²) in [5.41, 5.74) is 1.65. The van der Waals surface area contributed by atoms with Crippen molar-refractivity contribution in [3.63, 3.8) is 0 Å². The number of aliphatic hydroxyl groups excluding tert-OH is 1. The van der Waals surface area contributed by atoms with Crippen LogP contribution in [-0.2, 0) is 26.2 Å². The fourth-order valence-corrected chi connectivity index (χ4v) is 4.67. The Hall–Kier alpha value is -2.28. The number of rotatable bonds is 7. The summed E-state index contributed by atoms with van der Waals surface area (Å²) in [5, 5.41) is 28.4. The molecule has 2 aliphatic rings. The van der Waals surface area contributed by atoms with Gasteiger partial charge in [0.25, 0.3) is 0 Å². The second-order valence-electron chi connectivity index (χ2n) is 9.69. The maximum Gasteiger partial charge on any atom is 0.114 e. The second-order valence-corrected chi connectivity index (χ2v) is 9.69. The molecule has 2 aromatic rings. The number of aryl methyl sites for hydroxylation is 1. The number of benzene rings is 1. The van der Waals surface area contributed by atoms with Crippen LogP contribution in [0, 0.1) is 11.8 Å². The van der Waals surface area contributed by atoms with Gasteiger partial charge in [0, 0.05) is 19.1 Å². The monoisotopic (exact) mass is 469 g/mol. The van der Waals surface area contributed by atoms with Crippen LogP contribution < -0.4 is 0 Å². The van der Waals surface area contributed by atoms with Gasteiger partial charge in [-0.1, -0.05) is 29.2 Å². The Balaban J connectivity index is 1.48. The molecule has 2 saturated heterocycles. The smallest absolute Gasteiger partial charge is 0.114 e. The minimum Gasteiger partial charge on any atom is -0.394 e. The van der Waals surface area contributed by atoms with Crippen LogP contribution in [0.2, 0.25) is 0 Å². The SMILES string of the molecule is COCC#Cc1ccc(CC[C@H]2O[C@H]3CC[C@@H](CO)O[C@H]3C[C@H]2n2cc(C(C)(C)O)nn2)cc1. The molecular formula is C26H35N3O5. The van der Waals surface area contributed by atoms with E-state index in [1.54, 1.807) is 27.2 Å². The molecule has 34 heavy (non-hydrogen) atoms. The van der Waals surface area contributed by atoms with Gasteiger partial charge < -0.3 is 24.4 Å². The first kappa shape index (κ1) is 24.8. The molecule has 8 nitrogen and oxygen atoms in total. The van der Waals surface area contributed by atoms with E-state index in [0.717, 1.165) is 37.7 Å². The molecule has 4 rings (SSSR count). The molecule has 2 N–H and O–H groups in total. The van der Waals surface area contributed by atoms with Crippen LogP contribution in [0.25, 0.3) is 0 Å². The summed E-state index contributed by atoms with van der Waals surface area (Å²) in [6, 6.07) is 8.21. The van der Waals surface area contributed by atoms with Crippen LogP contribution in [0.3, 0.4) is 0 Å². The molecule has 2 fully saturated rings. The Labute approximate surface area is 201 Å². The van der Waals surface area contributed by atoms with E-state index in [0.29, 0.717) is 12.3 Å². The minimum atomic E-state index is -1.07. The zero-order valence-electron chi connectivity index (χ0n) is 20.2. The van der Waals surface area contributed by atoms with Gasteiger partial charge in [-0.05, 0) is 57.2 Å². The maximum atomic E-state index is 10.3. The molecule has 0 aliphatic carbocycles. The number of aliphatic hydroxyl groups is 2. The lowest BCUT2D eigenvalue weighted by Crippen LogP contribution is -2.51. The lowest BCUT2D eigenvalue weighted by atomic mass is 9.88. The van der Waals surface area contributed by atoms with E-state index >= 15 is 0 Å². The van der Waals surface area contributed by atoms with Crippen LogP contribution in [0.4, 0.5) is 0 Å². The molecule has 0 bridgehead atoms. The normalized spacial score (nSPS) is 27.0. The molecular weight excluding hydrogens is 434 g/mol. The van der Waals surface area contributed by atoms with E-state index in [1.165, 1.54) is 5.56 Å². The third kappa shape index (κ3) is 6.04. The van der Waals surface area contributed by atoms with Crippen LogP contribution in [0.5, 0.6) is 0 Å². The summed E-state index contributed by atoms with van der Waals surface area (Å²) in [6.07, 6.45) is 5.61. The van der Waals surface area contributed by atoms with Crippen molar-refractivity contribution in [3.05, 3.63) is 47.3 Å². The number of methoxy groups -OCH3 is 1. The van der Waals surface area contributed by atoms with Crippen molar-refractivity contribution in [3.8, 4) is 11.8 Å². The van der Waals surface area contributed by atoms with Crippen molar-refractivity contribution in [1.82, 2.24) is 15.0 Å². The van der Waals surface area contributed by atoms with Gasteiger partial charge in [0.1, 0.15) is 17.9 Å². The van der Waals surface area contributed by atoms with E-state index in [4.69, 9.17) is 14.2 Å². The fourth-order valence-electron chi connectivity index (χ4n) is 4.67. The average molecular weight is 470 g/mol. The first-order chi connectivity index (χ1) is 16.4. The van der Waals surface area contributed by atoms with Crippen molar-refractivity contribution in [2.24, 2.45) is 0 Å². The largest absolute Gasteiger partial charge is 0.394 e. The molecule has 3 heterocycles. The summed E-state index contributed by atoms with van der Waals surface area (Å²) < 4.78 is 19.5. The summed E-state index contributed by atoms with van der Waals surface area (Å²) in [7, 11) is 1.63. The highest BCUT2D eigenvalue weighted by molar-refractivity contribution is 5.36. The molecule has 5 atom stereocenters. The molecule has 0 saturated carbocycles. The third-order valence-corrected chi connectivity index (χ3v) is 6.61. The number of nitrogens with zero attached hydrogens (tertiary/aromatic N) is 3. The number of aromatic nitrogens is 3. The summed E-state index contributed by atoms with van der Waals surface area (Å²) in [4.78, 5) is 0. The minimum absolute atomic E-state index is 0.0137. The highest BCUT2D eigenvalue weighted by atomic mass is 16.6. The third-order valence-electron chi connectivity index (χ3n) is 6.61. The van der Waals surface area contributed by atoms with Gasteiger partial charge in [-0.15, -0.1) is 5.10 Å². The predicted octanol–water partition coefficient (Wildman–Crippen LogP) is 2.37. The van der Waals surface area contributed by atoms with Crippen LogP contribution >= 0.6 is 0 Å². The molecule has 184 valence electrons. The van der Waals surface area contributed by atoms with Gasteiger partial charge in [0.15, 0.2) is 0 Å². The Morgan fingerprint density at radius 3 is 2.65 bits per heavy atom. The average Bonchev–Trinajstić information content (AvgIpc) is 3.34. The van der Waals surface area contributed by atoms with E-state index < -0.39 is 5.60 Å². The quantitative estimate of drug-likeness (QED) is 0.601. The van der Waals surface area contributed by atoms with Crippen LogP contribution in [0.15, 0.2) is 30.5 Å². The van der Waals surface area contributed by atoms with Crippen molar-refractivity contribution < 1.29 is 24.4 Å². The Kier molecular flexibility index (Phi) is 8.02. The van der Waals surface area contributed by atoms with Gasteiger partial charge in [-0.2, -0.15) is 0 Å². The first-order valence-electron chi connectivity index (χ1n) is 12.0. The second kappa shape index (κ2) is 11.0. The molecule has 1 aromatic carbocycles. The molecule has 0 radical (unpaired) electrons. The summed E-state index contributed by atoms with van der Waals surface area (Å²) in [5.74, 6) is 6.06. The predicted molar refractivity (Wildman–Crippen MR) is 126 cm³/mol. The highest BCUT2D eigenvalue weighted by Gasteiger charge is 2.43. The van der Waals surface area contributed by atoms with Gasteiger partial charge in [0.2, 0.25) is 0 Å². The highest BCUT2D eigenvalue weighted by Crippen LogP contribution is 2.38. The molecule has 0 unspecified atom stereocenters. The molecule has 0 spiro atoms. The molecule has 2 aliphatic heterocycles. The van der Waals surface area contributed by atoms with Gasteiger partial charge in [-0.3, -0.25) is 0 Å². The zero-order valence-corrected chi connectivity index (χ0v) is 20.2. The van der Waals surface area contributed by atoms with Crippen molar-refractivity contribution in [2.45, 2.75) is 82.0 Å². The Morgan fingerprint density at radius 1 is 1.18 bits per heavy atom. The molecule has 0 amide bonds. The summed E-state index contributed by atoms with van der Waals surface area (Å²) >= 11 is 0. The summed E-state index contributed by atoms with van der Waals surface area (Å²) in [6.45, 7) is 3.84. The zero-order chi connectivity index (χ0) is 24.1. The maximum absolute atomic E-state index is 10.3. The Morgan fingerprint density at radius 2 is 1.97 bits per heavy atom. The van der Waals surface area contributed by atoms with Crippen LogP contribution in [0.1, 0.15) is 62.4 Å². The van der Waals surface area contributed by atoms with Crippen molar-refractivity contribution >= 4 is 0 Å². The Bertz CT molecular complexity index is 988. The van der Waals surface area contributed by atoms with Gasteiger partial charge >= 0.3 is 0 Å². The fraction of sp³-hybridized carbons (Fsp3) is 0.615. The molecule has 8 heteroatoms.